The molecule has 0 heterocycles. The van der Waals surface area contributed by atoms with Gasteiger partial charge in [-0.25, -0.2) is 4.79 Å². The highest BCUT2D eigenvalue weighted by atomic mass is 16.5. The van der Waals surface area contributed by atoms with Crippen LogP contribution in [0.4, 0.5) is 4.79 Å². The number of hydrogen-bond acceptors (Lipinski definition) is 5. The van der Waals surface area contributed by atoms with E-state index in [2.05, 4.69) is 28.1 Å². The SMILES string of the molecule is O=C(O)CNC(=O)CNC(=O)C1(NC(=O)OCC2c3ccccc3-c3ccccc32)CCC1. The van der Waals surface area contributed by atoms with Crippen LogP contribution >= 0.6 is 0 Å². The molecule has 33 heavy (non-hydrogen) atoms. The molecule has 3 amide bonds. The average molecular weight is 451 g/mol. The van der Waals surface area contributed by atoms with E-state index in [0.29, 0.717) is 12.8 Å². The molecule has 2 aliphatic rings. The lowest BCUT2D eigenvalue weighted by atomic mass is 9.76. The Kier molecular flexibility index (Phi) is 6.30. The zero-order valence-corrected chi connectivity index (χ0v) is 17.9. The van der Waals surface area contributed by atoms with Crippen LogP contribution in [0.2, 0.25) is 0 Å². The van der Waals surface area contributed by atoms with Gasteiger partial charge in [-0.15, -0.1) is 0 Å². The number of carboxylic acids is 1. The predicted molar refractivity (Wildman–Crippen MR) is 118 cm³/mol. The largest absolute Gasteiger partial charge is 0.480 e. The van der Waals surface area contributed by atoms with Crippen molar-refractivity contribution in [1.82, 2.24) is 16.0 Å². The third kappa shape index (κ3) is 4.67. The van der Waals surface area contributed by atoms with Gasteiger partial charge in [0.25, 0.3) is 0 Å². The van der Waals surface area contributed by atoms with Gasteiger partial charge in [0.2, 0.25) is 11.8 Å². The molecule has 2 aromatic carbocycles. The summed E-state index contributed by atoms with van der Waals surface area (Å²) in [6.07, 6.45) is 0.920. The summed E-state index contributed by atoms with van der Waals surface area (Å²) in [5.41, 5.74) is 3.30. The molecule has 0 saturated heterocycles. The maximum atomic E-state index is 12.6. The molecule has 1 fully saturated rings. The fraction of sp³-hybridized carbons (Fsp3) is 0.333. The van der Waals surface area contributed by atoms with Gasteiger partial charge in [-0.2, -0.15) is 0 Å². The second-order valence-corrected chi connectivity index (χ2v) is 8.24. The van der Waals surface area contributed by atoms with Gasteiger partial charge in [-0.05, 0) is 41.5 Å². The maximum absolute atomic E-state index is 12.6. The summed E-state index contributed by atoms with van der Waals surface area (Å²) in [5, 5.41) is 15.9. The van der Waals surface area contributed by atoms with Gasteiger partial charge in [0.1, 0.15) is 18.7 Å². The molecule has 1 saturated carbocycles. The molecule has 0 aromatic heterocycles. The van der Waals surface area contributed by atoms with Crippen molar-refractivity contribution in [3.05, 3.63) is 59.7 Å². The fourth-order valence-electron chi connectivity index (χ4n) is 4.34. The topological polar surface area (TPSA) is 134 Å². The van der Waals surface area contributed by atoms with Gasteiger partial charge in [0.05, 0.1) is 6.54 Å². The molecule has 2 aliphatic carbocycles. The first-order chi connectivity index (χ1) is 15.9. The summed E-state index contributed by atoms with van der Waals surface area (Å²) in [7, 11) is 0. The monoisotopic (exact) mass is 451 g/mol. The predicted octanol–water partition coefficient (Wildman–Crippen LogP) is 1.76. The van der Waals surface area contributed by atoms with E-state index >= 15 is 0 Å². The van der Waals surface area contributed by atoms with Gasteiger partial charge < -0.3 is 25.8 Å². The summed E-state index contributed by atoms with van der Waals surface area (Å²) in [4.78, 5) is 47.4. The highest BCUT2D eigenvalue weighted by Crippen LogP contribution is 2.44. The van der Waals surface area contributed by atoms with E-state index in [0.717, 1.165) is 28.7 Å². The van der Waals surface area contributed by atoms with Gasteiger partial charge in [-0.3, -0.25) is 14.4 Å². The lowest BCUT2D eigenvalue weighted by Crippen LogP contribution is -2.63. The van der Waals surface area contributed by atoms with Crippen LogP contribution in [0, 0.1) is 0 Å². The van der Waals surface area contributed by atoms with Gasteiger partial charge in [-0.1, -0.05) is 48.5 Å². The van der Waals surface area contributed by atoms with Crippen molar-refractivity contribution >= 4 is 23.9 Å². The van der Waals surface area contributed by atoms with Crippen LogP contribution in [-0.4, -0.2) is 54.2 Å². The molecule has 0 spiro atoms. The van der Waals surface area contributed by atoms with Crippen molar-refractivity contribution in [3.63, 3.8) is 0 Å². The fourth-order valence-corrected chi connectivity index (χ4v) is 4.34. The first kappa shape index (κ1) is 22.3. The van der Waals surface area contributed by atoms with Crippen molar-refractivity contribution in [2.24, 2.45) is 0 Å². The normalized spacial score (nSPS) is 15.4. The number of hydrogen-bond donors (Lipinski definition) is 4. The lowest BCUT2D eigenvalue weighted by Gasteiger charge is -2.40. The number of benzene rings is 2. The van der Waals surface area contributed by atoms with E-state index in [4.69, 9.17) is 9.84 Å². The minimum atomic E-state index is -1.18. The number of alkyl carbamates (subject to hydrolysis) is 1. The maximum Gasteiger partial charge on any atom is 0.408 e. The Bertz CT molecular complexity index is 1050. The molecule has 0 unspecified atom stereocenters. The number of carboxylic acid groups (broad SMARTS) is 1. The Morgan fingerprint density at radius 1 is 0.909 bits per heavy atom. The van der Waals surface area contributed by atoms with Crippen LogP contribution < -0.4 is 16.0 Å². The average Bonchev–Trinajstić information content (AvgIpc) is 3.11. The first-order valence-corrected chi connectivity index (χ1v) is 10.8. The second kappa shape index (κ2) is 9.32. The lowest BCUT2D eigenvalue weighted by molar-refractivity contribution is -0.138. The van der Waals surface area contributed by atoms with E-state index in [-0.39, 0.29) is 19.1 Å². The molecule has 9 nitrogen and oxygen atoms in total. The number of nitrogens with one attached hydrogen (secondary N) is 3. The number of rotatable bonds is 8. The van der Waals surface area contributed by atoms with Gasteiger partial charge in [0.15, 0.2) is 0 Å². The molecular formula is C24H25N3O6. The number of carbonyl (C=O) groups excluding carboxylic acids is 3. The number of ether oxygens (including phenoxy) is 1. The molecule has 9 heteroatoms. The highest BCUT2D eigenvalue weighted by molar-refractivity contribution is 5.94. The van der Waals surface area contributed by atoms with Crippen molar-refractivity contribution in [1.29, 1.82) is 0 Å². The smallest absolute Gasteiger partial charge is 0.408 e. The van der Waals surface area contributed by atoms with Crippen molar-refractivity contribution < 1.29 is 29.0 Å². The number of fused-ring (bicyclic) bond motifs is 3. The third-order valence-corrected chi connectivity index (χ3v) is 6.17. The standard InChI is InChI=1S/C24H25N3O6/c28-20(25-13-21(29)30)12-26-22(31)24(10-5-11-24)27-23(32)33-14-19-17-8-3-1-6-15(17)16-7-2-4-9-18(16)19/h1-4,6-9,19H,5,10-14H2,(H,25,28)(H,26,31)(H,27,32)(H,29,30). The first-order valence-electron chi connectivity index (χ1n) is 10.8. The Labute approximate surface area is 190 Å². The Hall–Kier alpha value is -3.88. The van der Waals surface area contributed by atoms with Gasteiger partial charge in [0, 0.05) is 5.92 Å². The molecule has 172 valence electrons. The summed E-state index contributed by atoms with van der Waals surface area (Å²) in [6, 6.07) is 16.0. The molecular weight excluding hydrogens is 426 g/mol. The van der Waals surface area contributed by atoms with E-state index < -0.39 is 36.0 Å². The molecule has 2 aromatic rings. The zero-order valence-electron chi connectivity index (χ0n) is 17.9. The molecule has 0 radical (unpaired) electrons. The second-order valence-electron chi connectivity index (χ2n) is 8.24. The zero-order chi connectivity index (χ0) is 23.4. The minimum Gasteiger partial charge on any atom is -0.480 e. The number of carbonyl (C=O) groups is 4. The minimum absolute atomic E-state index is 0.0905. The van der Waals surface area contributed by atoms with E-state index in [1.54, 1.807) is 0 Å². The van der Waals surface area contributed by atoms with Crippen LogP contribution in [0.25, 0.3) is 11.1 Å². The number of amides is 3. The van der Waals surface area contributed by atoms with Crippen molar-refractivity contribution in [2.75, 3.05) is 19.7 Å². The highest BCUT2D eigenvalue weighted by Gasteiger charge is 2.46. The molecule has 0 aliphatic heterocycles. The molecule has 0 atom stereocenters. The van der Waals surface area contributed by atoms with Crippen molar-refractivity contribution in [3.8, 4) is 11.1 Å². The van der Waals surface area contributed by atoms with Crippen LogP contribution in [0.3, 0.4) is 0 Å². The van der Waals surface area contributed by atoms with E-state index in [9.17, 15) is 19.2 Å². The van der Waals surface area contributed by atoms with Crippen LogP contribution in [-0.2, 0) is 19.1 Å². The van der Waals surface area contributed by atoms with Crippen molar-refractivity contribution in [2.45, 2.75) is 30.7 Å². The quantitative estimate of drug-likeness (QED) is 0.483. The molecule has 4 rings (SSSR count). The summed E-state index contributed by atoms with van der Waals surface area (Å²) >= 11 is 0. The molecule has 0 bridgehead atoms. The Balaban J connectivity index is 1.34. The summed E-state index contributed by atoms with van der Waals surface area (Å²) in [6.45, 7) is -0.771. The summed E-state index contributed by atoms with van der Waals surface area (Å²) < 4.78 is 5.54. The van der Waals surface area contributed by atoms with Crippen LogP contribution in [0.5, 0.6) is 0 Å². The van der Waals surface area contributed by atoms with Gasteiger partial charge >= 0.3 is 12.1 Å². The molecule has 4 N–H and O–H groups in total. The van der Waals surface area contributed by atoms with Crippen LogP contribution in [0.15, 0.2) is 48.5 Å². The van der Waals surface area contributed by atoms with E-state index in [1.165, 1.54) is 0 Å². The third-order valence-electron chi connectivity index (χ3n) is 6.17. The Morgan fingerprint density at radius 3 is 2.06 bits per heavy atom. The Morgan fingerprint density at radius 2 is 1.52 bits per heavy atom. The van der Waals surface area contributed by atoms with E-state index in [1.807, 2.05) is 36.4 Å². The summed E-state index contributed by atoms with van der Waals surface area (Å²) in [5.74, 6) is -2.39. The number of aliphatic carboxylic acids is 1. The van der Waals surface area contributed by atoms with Crippen LogP contribution in [0.1, 0.15) is 36.3 Å².